The van der Waals surface area contributed by atoms with E-state index < -0.39 is 0 Å². The molecule has 0 saturated heterocycles. The number of halogens is 1. The first kappa shape index (κ1) is 18.2. The van der Waals surface area contributed by atoms with E-state index in [0.29, 0.717) is 6.61 Å². The van der Waals surface area contributed by atoms with Gasteiger partial charge in [-0.3, -0.25) is 4.99 Å². The molecule has 0 amide bonds. The highest BCUT2D eigenvalue weighted by Gasteiger charge is 2.10. The number of hydrogen-bond acceptors (Lipinski definition) is 4. The molecule has 0 aliphatic carbocycles. The zero-order valence-corrected chi connectivity index (χ0v) is 15.4. The first-order valence-electron chi connectivity index (χ1n) is 7.27. The predicted molar refractivity (Wildman–Crippen MR) is 98.2 cm³/mol. The van der Waals surface area contributed by atoms with Crippen molar-refractivity contribution in [2.45, 2.75) is 45.9 Å². The van der Waals surface area contributed by atoms with E-state index in [-0.39, 0.29) is 29.6 Å². The molecule has 1 heterocycles. The van der Waals surface area contributed by atoms with Crippen molar-refractivity contribution in [3.05, 3.63) is 35.4 Å². The molecule has 2 rings (SSSR count). The first-order chi connectivity index (χ1) is 9.53. The van der Waals surface area contributed by atoms with E-state index in [9.17, 15) is 0 Å². The molecule has 2 N–H and O–H groups in total. The van der Waals surface area contributed by atoms with Crippen molar-refractivity contribution in [1.82, 2.24) is 10.6 Å². The van der Waals surface area contributed by atoms with Crippen LogP contribution in [-0.4, -0.2) is 24.7 Å². The zero-order valence-electron chi connectivity index (χ0n) is 13.1. The molecule has 0 atom stereocenters. The number of aliphatic imine (C=N–C) groups is 1. The van der Waals surface area contributed by atoms with Crippen molar-refractivity contribution in [3.63, 3.8) is 0 Å². The number of nitrogens with one attached hydrogen (secondary N) is 2. The van der Waals surface area contributed by atoms with Crippen molar-refractivity contribution >= 4 is 29.9 Å². The molecule has 4 nitrogen and oxygen atoms in total. The van der Waals surface area contributed by atoms with Crippen LogP contribution in [0.4, 0.5) is 0 Å². The fourth-order valence-corrected chi connectivity index (χ4v) is 1.97. The van der Waals surface area contributed by atoms with E-state index in [0.717, 1.165) is 32.0 Å². The van der Waals surface area contributed by atoms with Gasteiger partial charge < -0.3 is 15.4 Å². The fraction of sp³-hybridized carbons (Fsp3) is 0.562. The third-order valence-electron chi connectivity index (χ3n) is 3.02. The summed E-state index contributed by atoms with van der Waals surface area (Å²) in [6.45, 7) is 9.58. The summed E-state index contributed by atoms with van der Waals surface area (Å²) >= 11 is 0. The topological polar surface area (TPSA) is 45.6 Å². The molecule has 0 fully saturated rings. The van der Waals surface area contributed by atoms with Crippen molar-refractivity contribution < 1.29 is 4.74 Å². The number of rotatable bonds is 4. The zero-order chi connectivity index (χ0) is 14.4. The Kier molecular flexibility index (Phi) is 7.45. The van der Waals surface area contributed by atoms with Gasteiger partial charge in [-0.1, -0.05) is 24.3 Å². The highest BCUT2D eigenvalue weighted by atomic mass is 127. The lowest BCUT2D eigenvalue weighted by Crippen LogP contribution is -2.40. The molecule has 0 bridgehead atoms. The van der Waals surface area contributed by atoms with Crippen molar-refractivity contribution in [2.24, 2.45) is 4.99 Å². The molecule has 1 aromatic carbocycles. The summed E-state index contributed by atoms with van der Waals surface area (Å²) < 4.78 is 5.81. The van der Waals surface area contributed by atoms with Crippen LogP contribution in [0.15, 0.2) is 29.3 Å². The van der Waals surface area contributed by atoms with E-state index >= 15 is 0 Å². The summed E-state index contributed by atoms with van der Waals surface area (Å²) in [5.74, 6) is 0.910. The van der Waals surface area contributed by atoms with Gasteiger partial charge in [-0.05, 0) is 38.3 Å². The van der Waals surface area contributed by atoms with Crippen molar-refractivity contribution in [2.75, 3.05) is 13.1 Å². The largest absolute Gasteiger partial charge is 0.371 e. The molecule has 1 aromatic rings. The lowest BCUT2D eigenvalue weighted by Gasteiger charge is -2.20. The Balaban J connectivity index is 0.00000220. The number of guanidine groups is 1. The normalized spacial score (nSPS) is 14.7. The maximum absolute atomic E-state index is 5.81. The van der Waals surface area contributed by atoms with Crippen LogP contribution in [-0.2, 0) is 17.9 Å². The number of hydrogen-bond donors (Lipinski definition) is 2. The van der Waals surface area contributed by atoms with Gasteiger partial charge in [-0.2, -0.15) is 0 Å². The molecule has 0 saturated carbocycles. The quantitative estimate of drug-likeness (QED) is 0.760. The Morgan fingerprint density at radius 2 is 2.05 bits per heavy atom. The molecule has 0 unspecified atom stereocenters. The van der Waals surface area contributed by atoms with Gasteiger partial charge >= 0.3 is 0 Å². The third-order valence-corrected chi connectivity index (χ3v) is 3.02. The molecule has 1 aliphatic rings. The van der Waals surface area contributed by atoms with E-state index in [4.69, 9.17) is 4.74 Å². The average Bonchev–Trinajstić information content (AvgIpc) is 2.44. The van der Waals surface area contributed by atoms with E-state index in [2.05, 4.69) is 60.7 Å². The van der Waals surface area contributed by atoms with Gasteiger partial charge in [-0.15, -0.1) is 24.0 Å². The Morgan fingerprint density at radius 1 is 1.29 bits per heavy atom. The van der Waals surface area contributed by atoms with Gasteiger partial charge in [0.15, 0.2) is 5.96 Å². The lowest BCUT2D eigenvalue weighted by molar-refractivity contribution is -0.0149. The molecule has 0 aromatic heterocycles. The summed E-state index contributed by atoms with van der Waals surface area (Å²) in [5, 5.41) is 6.60. The van der Waals surface area contributed by atoms with Crippen molar-refractivity contribution in [3.8, 4) is 0 Å². The van der Waals surface area contributed by atoms with Gasteiger partial charge in [0, 0.05) is 19.6 Å². The minimum atomic E-state index is -0.102. The highest BCUT2D eigenvalue weighted by molar-refractivity contribution is 14.0. The second-order valence-corrected chi connectivity index (χ2v) is 6.09. The standard InChI is InChI=1S/C16H25N3O.HI/c1-16(2,3)20-12-14-7-4-6-13(10-14)11-19-15-17-8-5-9-18-15;/h4,6-7,10H,5,8-9,11-12H2,1-3H3,(H2,17,18,19);1H. The summed E-state index contributed by atoms with van der Waals surface area (Å²) in [4.78, 5) is 4.41. The fourth-order valence-electron chi connectivity index (χ4n) is 1.97. The van der Waals surface area contributed by atoms with Crippen molar-refractivity contribution in [1.29, 1.82) is 0 Å². The van der Waals surface area contributed by atoms with E-state index in [1.807, 2.05) is 0 Å². The van der Waals surface area contributed by atoms with E-state index in [1.54, 1.807) is 0 Å². The van der Waals surface area contributed by atoms with Crippen LogP contribution >= 0.6 is 24.0 Å². The number of benzene rings is 1. The van der Waals surface area contributed by atoms with Crippen LogP contribution in [0.2, 0.25) is 0 Å². The first-order valence-corrected chi connectivity index (χ1v) is 7.27. The molecule has 1 aliphatic heterocycles. The molecular formula is C16H26IN3O. The van der Waals surface area contributed by atoms with Crippen LogP contribution in [0.25, 0.3) is 0 Å². The van der Waals surface area contributed by atoms with Gasteiger partial charge in [0.25, 0.3) is 0 Å². The summed E-state index contributed by atoms with van der Waals surface area (Å²) in [5.41, 5.74) is 2.35. The maximum Gasteiger partial charge on any atom is 0.191 e. The minimum Gasteiger partial charge on any atom is -0.371 e. The molecule has 0 spiro atoms. The van der Waals surface area contributed by atoms with Gasteiger partial charge in [0.05, 0.1) is 12.2 Å². The Bertz CT molecular complexity index is 469. The summed E-state index contributed by atoms with van der Waals surface area (Å²) in [7, 11) is 0. The monoisotopic (exact) mass is 403 g/mol. The Hall–Kier alpha value is -0.820. The number of ether oxygens (including phenoxy) is 1. The van der Waals surface area contributed by atoms with Crippen LogP contribution < -0.4 is 10.6 Å². The third kappa shape index (κ3) is 7.13. The van der Waals surface area contributed by atoms with Crippen LogP contribution in [0.3, 0.4) is 0 Å². The van der Waals surface area contributed by atoms with Crippen LogP contribution in [0.1, 0.15) is 38.3 Å². The summed E-state index contributed by atoms with van der Waals surface area (Å²) in [6.07, 6.45) is 1.12. The van der Waals surface area contributed by atoms with E-state index in [1.165, 1.54) is 11.1 Å². The smallest absolute Gasteiger partial charge is 0.191 e. The minimum absolute atomic E-state index is 0. The molecule has 0 radical (unpaired) electrons. The molecule has 21 heavy (non-hydrogen) atoms. The Morgan fingerprint density at radius 3 is 2.71 bits per heavy atom. The predicted octanol–water partition coefficient (Wildman–Crippen LogP) is 3.06. The Labute approximate surface area is 144 Å². The van der Waals surface area contributed by atoms with Gasteiger partial charge in [0.2, 0.25) is 0 Å². The SMILES string of the molecule is CC(C)(C)OCc1cccc(CNC2=NCCCN2)c1.I. The van der Waals surface area contributed by atoms with Crippen LogP contribution in [0.5, 0.6) is 0 Å². The molecular weight excluding hydrogens is 377 g/mol. The average molecular weight is 403 g/mol. The number of nitrogens with zero attached hydrogens (tertiary/aromatic N) is 1. The highest BCUT2D eigenvalue weighted by Crippen LogP contribution is 2.13. The lowest BCUT2D eigenvalue weighted by atomic mass is 10.1. The van der Waals surface area contributed by atoms with Gasteiger partial charge in [0.1, 0.15) is 0 Å². The second-order valence-electron chi connectivity index (χ2n) is 6.09. The van der Waals surface area contributed by atoms with Crippen LogP contribution in [0, 0.1) is 0 Å². The second kappa shape index (κ2) is 8.58. The van der Waals surface area contributed by atoms with Gasteiger partial charge in [-0.25, -0.2) is 0 Å². The molecule has 118 valence electrons. The molecule has 5 heteroatoms. The summed E-state index contributed by atoms with van der Waals surface area (Å²) in [6, 6.07) is 8.49. The maximum atomic E-state index is 5.81.